The van der Waals surface area contributed by atoms with Crippen molar-refractivity contribution in [3.05, 3.63) is 18.0 Å². The van der Waals surface area contributed by atoms with Crippen molar-refractivity contribution in [2.45, 2.75) is 12.3 Å². The Bertz CT molecular complexity index is 700. The van der Waals surface area contributed by atoms with E-state index in [0.717, 1.165) is 38.6 Å². The van der Waals surface area contributed by atoms with Crippen molar-refractivity contribution in [3.63, 3.8) is 0 Å². The third-order valence-corrected chi connectivity index (χ3v) is 6.65. The zero-order chi connectivity index (χ0) is 17.9. The molecule has 1 aromatic rings. The highest BCUT2D eigenvalue weighted by Crippen LogP contribution is 2.26. The molecule has 3 rings (SSSR count). The van der Waals surface area contributed by atoms with Crippen molar-refractivity contribution >= 4 is 15.8 Å². The van der Waals surface area contributed by atoms with Gasteiger partial charge in [-0.2, -0.15) is 5.10 Å². The lowest BCUT2D eigenvalue weighted by molar-refractivity contribution is 0.298. The van der Waals surface area contributed by atoms with Crippen LogP contribution in [0.15, 0.2) is 17.4 Å². The molecule has 0 aliphatic carbocycles. The molecule has 8 nitrogen and oxygen atoms in total. The summed E-state index contributed by atoms with van der Waals surface area (Å²) < 4.78 is 24.8. The van der Waals surface area contributed by atoms with Gasteiger partial charge in [-0.1, -0.05) is 0 Å². The first-order chi connectivity index (χ1) is 12.0. The van der Waals surface area contributed by atoms with Gasteiger partial charge in [0.15, 0.2) is 15.8 Å². The quantitative estimate of drug-likeness (QED) is 0.571. The Labute approximate surface area is 149 Å². The maximum absolute atomic E-state index is 11.5. The van der Waals surface area contributed by atoms with Crippen molar-refractivity contribution in [1.29, 1.82) is 0 Å². The summed E-state index contributed by atoms with van der Waals surface area (Å²) in [6, 6.07) is 0. The number of nitrogens with zero attached hydrogens (tertiary/aromatic N) is 5. The largest absolute Gasteiger partial charge is 0.355 e. The molecule has 1 atom stereocenters. The molecule has 25 heavy (non-hydrogen) atoms. The fourth-order valence-corrected chi connectivity index (χ4v) is 4.78. The molecule has 9 heteroatoms. The molecule has 2 aliphatic heterocycles. The topological polar surface area (TPSA) is 82.8 Å². The second kappa shape index (κ2) is 7.74. The molecule has 3 heterocycles. The van der Waals surface area contributed by atoms with Crippen LogP contribution < -0.4 is 5.32 Å². The van der Waals surface area contributed by atoms with Crippen molar-refractivity contribution in [2.75, 3.05) is 57.8 Å². The predicted molar refractivity (Wildman–Crippen MR) is 98.6 cm³/mol. The van der Waals surface area contributed by atoms with E-state index < -0.39 is 9.84 Å². The van der Waals surface area contributed by atoms with Gasteiger partial charge < -0.3 is 10.2 Å². The van der Waals surface area contributed by atoms with Crippen molar-refractivity contribution in [3.8, 4) is 0 Å². The van der Waals surface area contributed by atoms with E-state index in [4.69, 9.17) is 0 Å². The first-order valence-corrected chi connectivity index (χ1v) is 10.7. The van der Waals surface area contributed by atoms with Gasteiger partial charge in [-0.25, -0.2) is 8.42 Å². The molecule has 0 spiro atoms. The number of guanidine groups is 1. The zero-order valence-corrected chi connectivity index (χ0v) is 15.9. The van der Waals surface area contributed by atoms with Crippen LogP contribution in [0, 0.1) is 0 Å². The molecule has 1 aromatic heterocycles. The van der Waals surface area contributed by atoms with Gasteiger partial charge in [-0.3, -0.25) is 14.6 Å². The molecule has 0 radical (unpaired) electrons. The van der Waals surface area contributed by atoms with E-state index in [9.17, 15) is 8.42 Å². The predicted octanol–water partition coefficient (Wildman–Crippen LogP) is -0.485. The Balaban J connectivity index is 1.44. The average Bonchev–Trinajstić information content (AvgIpc) is 3.22. The fourth-order valence-electron chi connectivity index (χ4n) is 3.51. The number of likely N-dealkylation sites (tertiary alicyclic amines) is 1. The van der Waals surface area contributed by atoms with E-state index >= 15 is 0 Å². The molecule has 140 valence electrons. The van der Waals surface area contributed by atoms with Crippen molar-refractivity contribution in [1.82, 2.24) is 24.9 Å². The summed E-state index contributed by atoms with van der Waals surface area (Å²) in [5.41, 5.74) is 1.29. The van der Waals surface area contributed by atoms with Crippen LogP contribution >= 0.6 is 0 Å². The SMILES string of the molecule is CN=C(NCCN1CCS(=O)(=O)CC1)N1CCC(c2cnn(C)c2)C1. The van der Waals surface area contributed by atoms with Gasteiger partial charge in [0, 0.05) is 65.5 Å². The summed E-state index contributed by atoms with van der Waals surface area (Å²) in [6.45, 7) is 4.83. The summed E-state index contributed by atoms with van der Waals surface area (Å²) in [6.07, 6.45) is 5.15. The fraction of sp³-hybridized carbons (Fsp3) is 0.750. The van der Waals surface area contributed by atoms with E-state index in [2.05, 4.69) is 31.4 Å². The lowest BCUT2D eigenvalue weighted by atomic mass is 10.0. The van der Waals surface area contributed by atoms with Gasteiger partial charge >= 0.3 is 0 Å². The smallest absolute Gasteiger partial charge is 0.193 e. The number of rotatable bonds is 4. The van der Waals surface area contributed by atoms with E-state index in [0.29, 0.717) is 19.0 Å². The van der Waals surface area contributed by atoms with Gasteiger partial charge in [0.05, 0.1) is 17.7 Å². The summed E-state index contributed by atoms with van der Waals surface area (Å²) in [5.74, 6) is 1.98. The molecule has 0 bridgehead atoms. The third-order valence-electron chi connectivity index (χ3n) is 5.04. The minimum atomic E-state index is -2.81. The summed E-state index contributed by atoms with van der Waals surface area (Å²) in [5, 5.41) is 7.69. The molecule has 1 N–H and O–H groups in total. The minimum Gasteiger partial charge on any atom is -0.355 e. The van der Waals surface area contributed by atoms with Gasteiger partial charge in [-0.05, 0) is 12.0 Å². The Morgan fingerprint density at radius 1 is 1.36 bits per heavy atom. The Morgan fingerprint density at radius 2 is 2.12 bits per heavy atom. The van der Waals surface area contributed by atoms with Crippen molar-refractivity contribution in [2.24, 2.45) is 12.0 Å². The summed E-state index contributed by atoms with van der Waals surface area (Å²) in [4.78, 5) is 8.89. The van der Waals surface area contributed by atoms with Crippen LogP contribution in [0.3, 0.4) is 0 Å². The second-order valence-corrected chi connectivity index (χ2v) is 9.15. The van der Waals surface area contributed by atoms with Crippen LogP contribution in [0.4, 0.5) is 0 Å². The van der Waals surface area contributed by atoms with Gasteiger partial charge in [0.25, 0.3) is 0 Å². The van der Waals surface area contributed by atoms with Crippen LogP contribution in [0.2, 0.25) is 0 Å². The molecular formula is C16H28N6O2S. The normalized spacial score (nSPS) is 24.6. The minimum absolute atomic E-state index is 0.278. The van der Waals surface area contributed by atoms with E-state index in [1.54, 1.807) is 0 Å². The molecule has 1 unspecified atom stereocenters. The standard InChI is InChI=1S/C16H28N6O2S/c1-17-16(18-4-6-21-7-9-25(23,24)10-8-21)22-5-3-14(13-22)15-11-19-20(2)12-15/h11-12,14H,3-10,13H2,1-2H3,(H,17,18). The van der Waals surface area contributed by atoms with Gasteiger partial charge in [0.2, 0.25) is 0 Å². The van der Waals surface area contributed by atoms with Crippen LogP contribution in [0.1, 0.15) is 17.9 Å². The lowest BCUT2D eigenvalue weighted by Crippen LogP contribution is -2.46. The molecule has 0 saturated carbocycles. The number of hydrogen-bond donors (Lipinski definition) is 1. The number of aryl methyl sites for hydroxylation is 1. The third kappa shape index (κ3) is 4.72. The van der Waals surface area contributed by atoms with Crippen LogP contribution in [0.25, 0.3) is 0 Å². The van der Waals surface area contributed by atoms with Crippen molar-refractivity contribution < 1.29 is 8.42 Å². The zero-order valence-electron chi connectivity index (χ0n) is 15.1. The molecule has 0 amide bonds. The average molecular weight is 369 g/mol. The molecule has 0 aromatic carbocycles. The maximum atomic E-state index is 11.5. The Hall–Kier alpha value is -1.61. The Kier molecular flexibility index (Phi) is 5.63. The molecule has 2 fully saturated rings. The highest BCUT2D eigenvalue weighted by molar-refractivity contribution is 7.91. The summed E-state index contributed by atoms with van der Waals surface area (Å²) in [7, 11) is 0.953. The van der Waals surface area contributed by atoms with E-state index in [1.165, 1.54) is 5.56 Å². The molecule has 2 aliphatic rings. The molecule has 2 saturated heterocycles. The van der Waals surface area contributed by atoms with Gasteiger partial charge in [0.1, 0.15) is 0 Å². The number of sulfone groups is 1. The number of nitrogens with one attached hydrogen (secondary N) is 1. The number of hydrogen-bond acceptors (Lipinski definition) is 5. The summed E-state index contributed by atoms with van der Waals surface area (Å²) >= 11 is 0. The highest BCUT2D eigenvalue weighted by Gasteiger charge is 2.27. The monoisotopic (exact) mass is 368 g/mol. The Morgan fingerprint density at radius 3 is 2.76 bits per heavy atom. The number of aliphatic imine (C=N–C) groups is 1. The van der Waals surface area contributed by atoms with E-state index in [1.807, 2.05) is 25.0 Å². The maximum Gasteiger partial charge on any atom is 0.193 e. The van der Waals surface area contributed by atoms with Gasteiger partial charge in [-0.15, -0.1) is 0 Å². The van der Waals surface area contributed by atoms with Crippen LogP contribution in [-0.2, 0) is 16.9 Å². The first kappa shape index (κ1) is 18.2. The number of aromatic nitrogens is 2. The van der Waals surface area contributed by atoms with Crippen LogP contribution in [-0.4, -0.2) is 91.8 Å². The van der Waals surface area contributed by atoms with E-state index in [-0.39, 0.29) is 11.5 Å². The molecular weight excluding hydrogens is 340 g/mol. The van der Waals surface area contributed by atoms with Crippen LogP contribution in [0.5, 0.6) is 0 Å². The first-order valence-electron chi connectivity index (χ1n) is 8.84. The highest BCUT2D eigenvalue weighted by atomic mass is 32.2. The second-order valence-electron chi connectivity index (χ2n) is 6.85. The lowest BCUT2D eigenvalue weighted by Gasteiger charge is -2.27.